The first-order valence-electron chi connectivity index (χ1n) is 9.01. The van der Waals surface area contributed by atoms with Gasteiger partial charge in [-0.15, -0.1) is 0 Å². The molecule has 0 radical (unpaired) electrons. The molecule has 7 heteroatoms. The molecule has 0 fully saturated rings. The molecular weight excluding hydrogens is 438 g/mol. The topological polar surface area (TPSA) is 70.6 Å². The van der Waals surface area contributed by atoms with Crippen molar-refractivity contribution in [3.8, 4) is 0 Å². The van der Waals surface area contributed by atoms with Crippen LogP contribution in [0.3, 0.4) is 0 Å². The third-order valence-corrected chi connectivity index (χ3v) is 5.80. The Labute approximate surface area is 178 Å². The number of amides is 2. The quantitative estimate of drug-likeness (QED) is 0.429. The molecule has 28 heavy (non-hydrogen) atoms. The molecule has 0 aliphatic heterocycles. The minimum Gasteiger partial charge on any atom is -0.339 e. The lowest BCUT2D eigenvalue weighted by molar-refractivity contribution is -0.122. The zero-order valence-electron chi connectivity index (χ0n) is 15.9. The predicted molar refractivity (Wildman–Crippen MR) is 120 cm³/mol. The van der Waals surface area contributed by atoms with Crippen LogP contribution in [0.15, 0.2) is 64.2 Å². The van der Waals surface area contributed by atoms with Crippen molar-refractivity contribution < 1.29 is 9.59 Å². The SMILES string of the molecule is CC/C(C)=N/NC(=O)C(CSCc1ccccc1)NC(=O)c1ccccc1Br. The first-order valence-corrected chi connectivity index (χ1v) is 11.0. The van der Waals surface area contributed by atoms with Gasteiger partial charge >= 0.3 is 0 Å². The fourth-order valence-corrected chi connectivity index (χ4v) is 3.72. The summed E-state index contributed by atoms with van der Waals surface area (Å²) in [4.78, 5) is 25.2. The van der Waals surface area contributed by atoms with E-state index in [1.165, 1.54) is 5.56 Å². The Morgan fingerprint density at radius 2 is 1.79 bits per heavy atom. The summed E-state index contributed by atoms with van der Waals surface area (Å²) in [6, 6.07) is 16.4. The molecule has 2 amide bonds. The van der Waals surface area contributed by atoms with Gasteiger partial charge in [-0.05, 0) is 47.0 Å². The first-order chi connectivity index (χ1) is 13.5. The van der Waals surface area contributed by atoms with E-state index in [0.717, 1.165) is 17.9 Å². The van der Waals surface area contributed by atoms with Crippen LogP contribution in [0.5, 0.6) is 0 Å². The number of carbonyl (C=O) groups is 2. The normalized spacial score (nSPS) is 12.3. The zero-order chi connectivity index (χ0) is 20.4. The van der Waals surface area contributed by atoms with Gasteiger partial charge in [0, 0.05) is 21.7 Å². The van der Waals surface area contributed by atoms with E-state index in [1.807, 2.05) is 50.2 Å². The lowest BCUT2D eigenvalue weighted by Crippen LogP contribution is -2.47. The summed E-state index contributed by atoms with van der Waals surface area (Å²) in [5.41, 5.74) is 5.04. The second kappa shape index (κ2) is 11.7. The van der Waals surface area contributed by atoms with Crippen molar-refractivity contribution in [3.63, 3.8) is 0 Å². The molecular formula is C21H24BrN3O2S. The summed E-state index contributed by atoms with van der Waals surface area (Å²) in [5.74, 6) is 0.572. The zero-order valence-corrected chi connectivity index (χ0v) is 18.3. The first kappa shape index (κ1) is 22.2. The lowest BCUT2D eigenvalue weighted by atomic mass is 10.2. The molecule has 2 rings (SSSR count). The minimum atomic E-state index is -0.693. The van der Waals surface area contributed by atoms with Crippen molar-refractivity contribution in [1.29, 1.82) is 0 Å². The van der Waals surface area contributed by atoms with Gasteiger partial charge in [0.15, 0.2) is 0 Å². The Balaban J connectivity index is 2.05. The molecule has 2 aromatic carbocycles. The number of hydrogen-bond acceptors (Lipinski definition) is 4. The van der Waals surface area contributed by atoms with Gasteiger partial charge in [-0.1, -0.05) is 49.4 Å². The average Bonchev–Trinajstić information content (AvgIpc) is 2.72. The lowest BCUT2D eigenvalue weighted by Gasteiger charge is -2.17. The van der Waals surface area contributed by atoms with E-state index in [2.05, 4.69) is 31.8 Å². The van der Waals surface area contributed by atoms with Crippen LogP contribution in [-0.2, 0) is 10.5 Å². The van der Waals surface area contributed by atoms with E-state index in [1.54, 1.807) is 30.0 Å². The van der Waals surface area contributed by atoms with E-state index in [-0.39, 0.29) is 11.8 Å². The van der Waals surface area contributed by atoms with Gasteiger partial charge in [-0.2, -0.15) is 16.9 Å². The number of halogens is 1. The molecule has 1 unspecified atom stereocenters. The van der Waals surface area contributed by atoms with Crippen LogP contribution in [0.2, 0.25) is 0 Å². The van der Waals surface area contributed by atoms with Crippen LogP contribution in [0.4, 0.5) is 0 Å². The van der Waals surface area contributed by atoms with E-state index >= 15 is 0 Å². The second-order valence-corrected chi connectivity index (χ2v) is 8.07. The van der Waals surface area contributed by atoms with Gasteiger partial charge in [0.25, 0.3) is 11.8 Å². The summed E-state index contributed by atoms with van der Waals surface area (Å²) >= 11 is 4.97. The van der Waals surface area contributed by atoms with E-state index in [9.17, 15) is 9.59 Å². The van der Waals surface area contributed by atoms with Gasteiger partial charge < -0.3 is 5.32 Å². The smallest absolute Gasteiger partial charge is 0.263 e. The van der Waals surface area contributed by atoms with Crippen molar-refractivity contribution in [2.75, 3.05) is 5.75 Å². The Kier molecular flexibility index (Phi) is 9.23. The number of nitrogens with zero attached hydrogens (tertiary/aromatic N) is 1. The predicted octanol–water partition coefficient (Wildman–Crippen LogP) is 4.38. The highest BCUT2D eigenvalue weighted by Gasteiger charge is 2.22. The number of hydrogen-bond donors (Lipinski definition) is 2. The van der Waals surface area contributed by atoms with Gasteiger partial charge in [-0.3, -0.25) is 9.59 Å². The summed E-state index contributed by atoms with van der Waals surface area (Å²) < 4.78 is 0.684. The number of nitrogens with one attached hydrogen (secondary N) is 2. The highest BCUT2D eigenvalue weighted by atomic mass is 79.9. The summed E-state index contributed by atoms with van der Waals surface area (Å²) in [7, 11) is 0. The van der Waals surface area contributed by atoms with Gasteiger partial charge in [-0.25, -0.2) is 5.43 Å². The standard InChI is InChI=1S/C21H24BrN3O2S/c1-3-15(2)24-25-21(27)19(14-28-13-16-9-5-4-6-10-16)23-20(26)17-11-7-8-12-18(17)22/h4-12,19H,3,13-14H2,1-2H3,(H,23,26)(H,25,27)/b24-15+. The maximum absolute atomic E-state index is 12.6. The molecule has 0 bridgehead atoms. The molecule has 0 aromatic heterocycles. The van der Waals surface area contributed by atoms with Crippen LogP contribution < -0.4 is 10.7 Å². The molecule has 0 spiro atoms. The van der Waals surface area contributed by atoms with Crippen molar-refractivity contribution in [1.82, 2.24) is 10.7 Å². The molecule has 0 aliphatic rings. The molecule has 2 aromatic rings. The third kappa shape index (κ3) is 7.13. The van der Waals surface area contributed by atoms with Crippen molar-refractivity contribution >= 4 is 45.2 Å². The van der Waals surface area contributed by atoms with Crippen LogP contribution in [-0.4, -0.2) is 29.3 Å². The fourth-order valence-electron chi connectivity index (χ4n) is 2.24. The van der Waals surface area contributed by atoms with Crippen molar-refractivity contribution in [3.05, 3.63) is 70.2 Å². The third-order valence-electron chi connectivity index (χ3n) is 4.00. The van der Waals surface area contributed by atoms with Gasteiger partial charge in [0.2, 0.25) is 0 Å². The Bertz CT molecular complexity index is 827. The molecule has 5 nitrogen and oxygen atoms in total. The van der Waals surface area contributed by atoms with Crippen LogP contribution in [0, 0.1) is 0 Å². The Morgan fingerprint density at radius 1 is 1.11 bits per heavy atom. The average molecular weight is 462 g/mol. The molecule has 2 N–H and O–H groups in total. The van der Waals surface area contributed by atoms with Crippen LogP contribution in [0.25, 0.3) is 0 Å². The number of carbonyl (C=O) groups excluding carboxylic acids is 2. The van der Waals surface area contributed by atoms with Crippen LogP contribution in [0.1, 0.15) is 36.2 Å². The highest BCUT2D eigenvalue weighted by Crippen LogP contribution is 2.17. The highest BCUT2D eigenvalue weighted by molar-refractivity contribution is 9.10. The Hall–Kier alpha value is -2.12. The molecule has 0 aliphatic carbocycles. The van der Waals surface area contributed by atoms with Gasteiger partial charge in [0.1, 0.15) is 6.04 Å². The van der Waals surface area contributed by atoms with E-state index < -0.39 is 6.04 Å². The molecule has 1 atom stereocenters. The minimum absolute atomic E-state index is 0.302. The van der Waals surface area contributed by atoms with Gasteiger partial charge in [0.05, 0.1) is 5.56 Å². The summed E-state index contributed by atoms with van der Waals surface area (Å²) in [6.45, 7) is 3.81. The van der Waals surface area contributed by atoms with Crippen molar-refractivity contribution in [2.45, 2.75) is 32.1 Å². The number of thioether (sulfide) groups is 1. The number of benzene rings is 2. The van der Waals surface area contributed by atoms with Crippen LogP contribution >= 0.6 is 27.7 Å². The Morgan fingerprint density at radius 3 is 2.46 bits per heavy atom. The monoisotopic (exact) mass is 461 g/mol. The maximum Gasteiger partial charge on any atom is 0.263 e. The fraction of sp³-hybridized carbons (Fsp3) is 0.286. The van der Waals surface area contributed by atoms with E-state index in [4.69, 9.17) is 0 Å². The van der Waals surface area contributed by atoms with Crippen molar-refractivity contribution in [2.24, 2.45) is 5.10 Å². The van der Waals surface area contributed by atoms with E-state index in [0.29, 0.717) is 15.8 Å². The summed E-state index contributed by atoms with van der Waals surface area (Å²) in [5, 5.41) is 6.91. The number of hydrazone groups is 1. The molecule has 0 saturated carbocycles. The molecule has 0 saturated heterocycles. The second-order valence-electron chi connectivity index (χ2n) is 6.18. The summed E-state index contributed by atoms with van der Waals surface area (Å²) in [6.07, 6.45) is 0.747. The largest absolute Gasteiger partial charge is 0.339 e. The molecule has 148 valence electrons. The number of rotatable bonds is 9. The maximum atomic E-state index is 12.6. The molecule has 0 heterocycles.